The number of para-hydroxylation sites is 1. The fourth-order valence-electron chi connectivity index (χ4n) is 1.11. The predicted molar refractivity (Wildman–Crippen MR) is 57.9 cm³/mol. The van der Waals surface area contributed by atoms with Gasteiger partial charge in [-0.25, -0.2) is 0 Å². The van der Waals surface area contributed by atoms with Crippen LogP contribution in [-0.4, -0.2) is 18.1 Å². The van der Waals surface area contributed by atoms with Crippen molar-refractivity contribution >= 4 is 17.4 Å². The molecule has 0 saturated heterocycles. The minimum Gasteiger partial charge on any atom is -0.382 e. The van der Waals surface area contributed by atoms with Gasteiger partial charge in [0, 0.05) is 17.5 Å². The molecule has 2 heteroatoms. The molecule has 12 heavy (non-hydrogen) atoms. The molecule has 0 amide bonds. The largest absolute Gasteiger partial charge is 0.382 e. The van der Waals surface area contributed by atoms with Crippen LogP contribution in [-0.2, 0) is 0 Å². The average molecular weight is 181 g/mol. The summed E-state index contributed by atoms with van der Waals surface area (Å²) in [5.74, 6) is 1.15. The highest BCUT2D eigenvalue weighted by Gasteiger charge is 1.98. The van der Waals surface area contributed by atoms with E-state index in [1.807, 2.05) is 30.0 Å². The minimum atomic E-state index is 0.544. The van der Waals surface area contributed by atoms with E-state index in [0.29, 0.717) is 6.04 Å². The number of benzene rings is 1. The van der Waals surface area contributed by atoms with Gasteiger partial charge >= 0.3 is 0 Å². The van der Waals surface area contributed by atoms with Crippen LogP contribution >= 0.6 is 11.8 Å². The summed E-state index contributed by atoms with van der Waals surface area (Å²) in [5, 5.41) is 3.42. The second kappa shape index (κ2) is 5.09. The second-order valence-corrected chi connectivity index (χ2v) is 3.78. The lowest BCUT2D eigenvalue weighted by Crippen LogP contribution is -2.17. The van der Waals surface area contributed by atoms with E-state index >= 15 is 0 Å². The van der Waals surface area contributed by atoms with Gasteiger partial charge in [-0.15, -0.1) is 0 Å². The van der Waals surface area contributed by atoms with Gasteiger partial charge in [-0.3, -0.25) is 0 Å². The van der Waals surface area contributed by atoms with Crippen LogP contribution in [0.15, 0.2) is 30.3 Å². The van der Waals surface area contributed by atoms with E-state index in [0.717, 1.165) is 5.75 Å². The summed E-state index contributed by atoms with van der Waals surface area (Å²) in [7, 11) is 0. The molecule has 1 rings (SSSR count). The molecule has 1 aromatic carbocycles. The Kier molecular flexibility index (Phi) is 4.01. The van der Waals surface area contributed by atoms with Crippen LogP contribution in [0, 0.1) is 0 Å². The highest BCUT2D eigenvalue weighted by molar-refractivity contribution is 7.98. The van der Waals surface area contributed by atoms with Crippen LogP contribution in [0.1, 0.15) is 6.92 Å². The highest BCUT2D eigenvalue weighted by atomic mass is 32.2. The third kappa shape index (κ3) is 3.18. The predicted octanol–water partition coefficient (Wildman–Crippen LogP) is 2.85. The van der Waals surface area contributed by atoms with Crippen LogP contribution < -0.4 is 5.32 Å². The second-order valence-electron chi connectivity index (χ2n) is 2.87. The molecular weight excluding hydrogens is 166 g/mol. The summed E-state index contributed by atoms with van der Waals surface area (Å²) in [6, 6.07) is 10.9. The Labute approximate surface area is 78.6 Å². The van der Waals surface area contributed by atoms with Crippen molar-refractivity contribution in [3.05, 3.63) is 30.3 Å². The van der Waals surface area contributed by atoms with Crippen LogP contribution in [0.3, 0.4) is 0 Å². The smallest absolute Gasteiger partial charge is 0.0342 e. The van der Waals surface area contributed by atoms with Crippen LogP contribution in [0.5, 0.6) is 0 Å². The lowest BCUT2D eigenvalue weighted by atomic mass is 10.3. The first-order valence-corrected chi connectivity index (χ1v) is 5.53. The lowest BCUT2D eigenvalue weighted by molar-refractivity contribution is 0.914. The van der Waals surface area contributed by atoms with E-state index in [1.165, 1.54) is 5.69 Å². The Bertz CT molecular complexity index is 210. The summed E-state index contributed by atoms with van der Waals surface area (Å²) < 4.78 is 0. The van der Waals surface area contributed by atoms with E-state index in [-0.39, 0.29) is 0 Å². The summed E-state index contributed by atoms with van der Waals surface area (Å²) in [6.07, 6.45) is 2.13. The van der Waals surface area contributed by atoms with Crippen LogP contribution in [0.25, 0.3) is 0 Å². The van der Waals surface area contributed by atoms with E-state index in [1.54, 1.807) is 0 Å². The lowest BCUT2D eigenvalue weighted by Gasteiger charge is -2.13. The van der Waals surface area contributed by atoms with Gasteiger partial charge in [0.05, 0.1) is 0 Å². The molecule has 0 bridgehead atoms. The molecule has 66 valence electrons. The maximum Gasteiger partial charge on any atom is 0.0342 e. The van der Waals surface area contributed by atoms with Gasteiger partial charge in [0.15, 0.2) is 0 Å². The SMILES string of the molecule is CSCC(C)Nc1ccccc1. The normalized spacial score (nSPS) is 12.5. The fourth-order valence-corrected chi connectivity index (χ4v) is 1.69. The zero-order valence-corrected chi connectivity index (χ0v) is 8.40. The number of nitrogens with one attached hydrogen (secondary N) is 1. The molecule has 1 aromatic rings. The Morgan fingerprint density at radius 3 is 2.58 bits per heavy atom. The summed E-state index contributed by atoms with van der Waals surface area (Å²) >= 11 is 1.87. The van der Waals surface area contributed by atoms with E-state index in [9.17, 15) is 0 Å². The molecule has 1 nitrogen and oxygen atoms in total. The Hall–Kier alpha value is -0.630. The third-order valence-electron chi connectivity index (χ3n) is 1.60. The average Bonchev–Trinajstić information content (AvgIpc) is 2.06. The van der Waals surface area contributed by atoms with Crippen molar-refractivity contribution in [2.75, 3.05) is 17.3 Å². The molecule has 0 fully saturated rings. The first-order chi connectivity index (χ1) is 5.83. The quantitative estimate of drug-likeness (QED) is 0.766. The van der Waals surface area contributed by atoms with Gasteiger partial charge in [0.1, 0.15) is 0 Å². The third-order valence-corrected chi connectivity index (χ3v) is 2.44. The Morgan fingerprint density at radius 2 is 2.00 bits per heavy atom. The van der Waals surface area contributed by atoms with Crippen molar-refractivity contribution in [1.82, 2.24) is 0 Å². The number of hydrogen-bond acceptors (Lipinski definition) is 2. The topological polar surface area (TPSA) is 12.0 Å². The van der Waals surface area contributed by atoms with Gasteiger partial charge in [-0.1, -0.05) is 18.2 Å². The highest BCUT2D eigenvalue weighted by Crippen LogP contribution is 2.08. The molecule has 0 aliphatic carbocycles. The van der Waals surface area contributed by atoms with Gasteiger partial charge in [-0.2, -0.15) is 11.8 Å². The molecule has 0 heterocycles. The van der Waals surface area contributed by atoms with Crippen molar-refractivity contribution in [2.24, 2.45) is 0 Å². The monoisotopic (exact) mass is 181 g/mol. The van der Waals surface area contributed by atoms with E-state index < -0.39 is 0 Å². The zero-order valence-electron chi connectivity index (χ0n) is 7.58. The van der Waals surface area contributed by atoms with Crippen LogP contribution in [0.4, 0.5) is 5.69 Å². The van der Waals surface area contributed by atoms with Crippen molar-refractivity contribution in [2.45, 2.75) is 13.0 Å². The van der Waals surface area contributed by atoms with Gasteiger partial charge < -0.3 is 5.32 Å². The summed E-state index contributed by atoms with van der Waals surface area (Å²) in [6.45, 7) is 2.20. The fraction of sp³-hybridized carbons (Fsp3) is 0.400. The number of hydrogen-bond donors (Lipinski definition) is 1. The molecule has 1 N–H and O–H groups in total. The Balaban J connectivity index is 2.41. The van der Waals surface area contributed by atoms with Crippen molar-refractivity contribution in [3.8, 4) is 0 Å². The van der Waals surface area contributed by atoms with Crippen LogP contribution in [0.2, 0.25) is 0 Å². The van der Waals surface area contributed by atoms with E-state index in [4.69, 9.17) is 0 Å². The Morgan fingerprint density at radius 1 is 1.33 bits per heavy atom. The van der Waals surface area contributed by atoms with Crippen molar-refractivity contribution in [3.63, 3.8) is 0 Å². The molecular formula is C10H15NS. The minimum absolute atomic E-state index is 0.544. The molecule has 1 unspecified atom stereocenters. The molecule has 0 spiro atoms. The molecule has 0 aromatic heterocycles. The first-order valence-electron chi connectivity index (χ1n) is 4.13. The maximum atomic E-state index is 3.42. The van der Waals surface area contributed by atoms with E-state index in [2.05, 4.69) is 30.6 Å². The summed E-state index contributed by atoms with van der Waals surface area (Å²) in [4.78, 5) is 0. The first kappa shape index (κ1) is 9.46. The number of rotatable bonds is 4. The molecule has 0 saturated carbocycles. The molecule has 0 aliphatic heterocycles. The number of thioether (sulfide) groups is 1. The molecule has 0 aliphatic rings. The maximum absolute atomic E-state index is 3.42. The van der Waals surface area contributed by atoms with Crippen molar-refractivity contribution in [1.29, 1.82) is 0 Å². The number of anilines is 1. The summed E-state index contributed by atoms with van der Waals surface area (Å²) in [5.41, 5.74) is 1.21. The van der Waals surface area contributed by atoms with Gasteiger partial charge in [0.25, 0.3) is 0 Å². The standard InChI is InChI=1S/C10H15NS/c1-9(8-12-2)11-10-6-4-3-5-7-10/h3-7,9,11H,8H2,1-2H3. The van der Waals surface area contributed by atoms with Gasteiger partial charge in [-0.05, 0) is 25.3 Å². The van der Waals surface area contributed by atoms with Crippen molar-refractivity contribution < 1.29 is 0 Å². The molecule has 0 radical (unpaired) electrons. The zero-order chi connectivity index (χ0) is 8.81. The molecule has 1 atom stereocenters. The van der Waals surface area contributed by atoms with Gasteiger partial charge in [0.2, 0.25) is 0 Å².